The van der Waals surface area contributed by atoms with E-state index in [1.807, 2.05) is 41.3 Å². The molecule has 1 amide bonds. The van der Waals surface area contributed by atoms with Gasteiger partial charge in [0.25, 0.3) is 0 Å². The third-order valence-electron chi connectivity index (χ3n) is 11.6. The zero-order valence-electron chi connectivity index (χ0n) is 34.9. The SMILES string of the molecule is CC(C)S(=O)(=O)c1ccccc1Nc1nc(Nc2ccc(N3CCN(C(=O)CN4CCN(c5cc(N[C@@H]6CCCN(c7cccc(F)c7)C6)ncn5)CC4)CC3)cc2)ncc1Cl. The van der Waals surface area contributed by atoms with Crippen LogP contribution in [0.4, 0.5) is 50.5 Å². The van der Waals surface area contributed by atoms with E-state index in [0.29, 0.717) is 31.3 Å². The monoisotopic (exact) mass is 882 g/mol. The third kappa shape index (κ3) is 10.3. The van der Waals surface area contributed by atoms with E-state index in [-0.39, 0.29) is 33.5 Å². The highest BCUT2D eigenvalue weighted by molar-refractivity contribution is 7.92. The molecule has 62 heavy (non-hydrogen) atoms. The molecule has 3 N–H and O–H groups in total. The number of hydrogen-bond donors (Lipinski definition) is 3. The number of para-hydroxylation sites is 1. The molecule has 3 saturated heterocycles. The summed E-state index contributed by atoms with van der Waals surface area (Å²) in [4.78, 5) is 42.4. The van der Waals surface area contributed by atoms with Crippen molar-refractivity contribution in [3.63, 3.8) is 0 Å². The molecule has 3 aromatic carbocycles. The van der Waals surface area contributed by atoms with Crippen LogP contribution in [0.3, 0.4) is 0 Å². The largest absolute Gasteiger partial charge is 0.369 e. The predicted molar refractivity (Wildman–Crippen MR) is 244 cm³/mol. The number of amides is 1. The lowest BCUT2D eigenvalue weighted by Gasteiger charge is -2.39. The Morgan fingerprint density at radius 1 is 0.823 bits per heavy atom. The molecular formula is C44H52ClFN12O3S. The van der Waals surface area contributed by atoms with Gasteiger partial charge in [0.05, 0.1) is 28.6 Å². The van der Waals surface area contributed by atoms with E-state index in [0.717, 1.165) is 93.9 Å². The molecule has 326 valence electrons. The van der Waals surface area contributed by atoms with Crippen molar-refractivity contribution >= 4 is 73.5 Å². The second-order valence-electron chi connectivity index (χ2n) is 16.1. The standard InChI is InChI=1S/C44H52ClFN12O3S/c1-31(2)62(60,61)39-11-4-3-10-38(39)52-43-37(45)27-47-44(53-43)51-33-12-14-35(15-13-33)55-21-23-57(24-22-55)42(59)29-54-17-19-56(20-18-54)41-26-40(48-30-49-41)50-34-8-6-16-58(28-34)36-9-5-7-32(46)25-36/h3-5,7,9-15,25-27,30-31,34H,6,8,16-24,28-29H2,1-2H3,(H,48,49,50)(H2,47,51,52,53)/t34-/m1/s1. The molecule has 5 aromatic rings. The van der Waals surface area contributed by atoms with Crippen molar-refractivity contribution in [3.05, 3.63) is 102 Å². The molecule has 5 heterocycles. The first-order valence-corrected chi connectivity index (χ1v) is 23.0. The quantitative estimate of drug-likeness (QED) is 0.122. The lowest BCUT2D eigenvalue weighted by atomic mass is 10.0. The van der Waals surface area contributed by atoms with E-state index < -0.39 is 15.1 Å². The van der Waals surface area contributed by atoms with Crippen molar-refractivity contribution < 1.29 is 17.6 Å². The number of halogens is 2. The zero-order valence-corrected chi connectivity index (χ0v) is 36.5. The number of hydrogen-bond acceptors (Lipinski definition) is 14. The highest BCUT2D eigenvalue weighted by atomic mass is 35.5. The summed E-state index contributed by atoms with van der Waals surface area (Å²) in [6, 6.07) is 23.6. The van der Waals surface area contributed by atoms with Gasteiger partial charge >= 0.3 is 0 Å². The second kappa shape index (κ2) is 19.1. The summed E-state index contributed by atoms with van der Waals surface area (Å²) in [5.74, 6) is 2.14. The van der Waals surface area contributed by atoms with E-state index in [9.17, 15) is 17.6 Å². The Kier molecular flexibility index (Phi) is 13.2. The van der Waals surface area contributed by atoms with Gasteiger partial charge < -0.3 is 35.6 Å². The fourth-order valence-corrected chi connectivity index (χ4v) is 9.39. The number of piperidine rings is 1. The molecular weight excluding hydrogens is 831 g/mol. The van der Waals surface area contributed by atoms with Gasteiger partial charge in [-0.15, -0.1) is 0 Å². The summed E-state index contributed by atoms with van der Waals surface area (Å²) in [7, 11) is -3.55. The molecule has 0 saturated carbocycles. The summed E-state index contributed by atoms with van der Waals surface area (Å²) < 4.78 is 39.8. The molecule has 15 nitrogen and oxygen atoms in total. The molecule has 8 rings (SSSR count). The van der Waals surface area contributed by atoms with Crippen molar-refractivity contribution in [1.82, 2.24) is 29.7 Å². The number of nitrogens with zero attached hydrogens (tertiary/aromatic N) is 9. The van der Waals surface area contributed by atoms with E-state index in [1.54, 1.807) is 56.6 Å². The van der Waals surface area contributed by atoms with Crippen LogP contribution in [-0.2, 0) is 14.6 Å². The van der Waals surface area contributed by atoms with Crippen LogP contribution >= 0.6 is 11.6 Å². The topological polar surface area (TPSA) is 155 Å². The average molecular weight is 883 g/mol. The van der Waals surface area contributed by atoms with Gasteiger partial charge in [-0.2, -0.15) is 4.98 Å². The number of sulfone groups is 1. The predicted octanol–water partition coefficient (Wildman–Crippen LogP) is 6.28. The summed E-state index contributed by atoms with van der Waals surface area (Å²) in [6.45, 7) is 11.1. The summed E-state index contributed by atoms with van der Waals surface area (Å²) >= 11 is 6.42. The van der Waals surface area contributed by atoms with Crippen molar-refractivity contribution in [2.24, 2.45) is 0 Å². The summed E-state index contributed by atoms with van der Waals surface area (Å²) in [5, 5.41) is 9.53. The smallest absolute Gasteiger partial charge is 0.236 e. The van der Waals surface area contributed by atoms with Crippen LogP contribution in [0.1, 0.15) is 26.7 Å². The number of aromatic nitrogens is 4. The Balaban J connectivity index is 0.780. The first-order chi connectivity index (χ1) is 30.0. The highest BCUT2D eigenvalue weighted by Gasteiger charge is 2.27. The number of anilines is 8. The number of piperazine rings is 2. The van der Waals surface area contributed by atoms with Gasteiger partial charge in [-0.05, 0) is 81.3 Å². The minimum atomic E-state index is -3.55. The maximum atomic E-state index is 13.9. The van der Waals surface area contributed by atoms with Crippen LogP contribution in [0.2, 0.25) is 5.02 Å². The van der Waals surface area contributed by atoms with Crippen LogP contribution in [0.25, 0.3) is 0 Å². The Bertz CT molecular complexity index is 2450. The van der Waals surface area contributed by atoms with Crippen LogP contribution < -0.4 is 30.7 Å². The summed E-state index contributed by atoms with van der Waals surface area (Å²) in [5.41, 5.74) is 3.10. The van der Waals surface area contributed by atoms with Crippen LogP contribution in [0, 0.1) is 5.82 Å². The Morgan fingerprint density at radius 2 is 1.58 bits per heavy atom. The van der Waals surface area contributed by atoms with Crippen molar-refractivity contribution in [2.45, 2.75) is 42.9 Å². The van der Waals surface area contributed by atoms with Gasteiger partial charge in [0.1, 0.15) is 28.8 Å². The Labute approximate surface area is 367 Å². The molecule has 18 heteroatoms. The number of benzene rings is 3. The molecule has 0 unspecified atom stereocenters. The van der Waals surface area contributed by atoms with Crippen LogP contribution in [0.15, 0.2) is 96.3 Å². The molecule has 3 aliphatic rings. The molecule has 2 aromatic heterocycles. The zero-order chi connectivity index (χ0) is 43.2. The molecule has 1 atom stereocenters. The molecule has 0 aliphatic carbocycles. The fraction of sp³-hybridized carbons (Fsp3) is 0.386. The molecule has 3 fully saturated rings. The number of rotatable bonds is 13. The maximum absolute atomic E-state index is 13.9. The Morgan fingerprint density at radius 3 is 2.34 bits per heavy atom. The first-order valence-electron chi connectivity index (χ1n) is 21.1. The number of nitrogens with one attached hydrogen (secondary N) is 3. The van der Waals surface area contributed by atoms with Gasteiger partial charge in [-0.25, -0.2) is 27.8 Å². The van der Waals surface area contributed by atoms with E-state index in [4.69, 9.17) is 11.6 Å². The minimum absolute atomic E-state index is 0.146. The van der Waals surface area contributed by atoms with Crippen LogP contribution in [-0.4, -0.2) is 127 Å². The van der Waals surface area contributed by atoms with Gasteiger partial charge in [0.2, 0.25) is 11.9 Å². The van der Waals surface area contributed by atoms with Gasteiger partial charge in [-0.1, -0.05) is 29.8 Å². The second-order valence-corrected chi connectivity index (χ2v) is 19.0. The fourth-order valence-electron chi connectivity index (χ4n) is 8.05. The highest BCUT2D eigenvalue weighted by Crippen LogP contribution is 2.31. The molecule has 3 aliphatic heterocycles. The van der Waals surface area contributed by atoms with E-state index in [1.165, 1.54) is 12.3 Å². The number of carbonyl (C=O) groups is 1. The third-order valence-corrected chi connectivity index (χ3v) is 14.1. The minimum Gasteiger partial charge on any atom is -0.369 e. The lowest BCUT2D eigenvalue weighted by molar-refractivity contribution is -0.132. The molecule has 0 bridgehead atoms. The normalized spacial score (nSPS) is 17.6. The first kappa shape index (κ1) is 42.9. The lowest BCUT2D eigenvalue weighted by Crippen LogP contribution is -2.54. The van der Waals surface area contributed by atoms with Crippen molar-refractivity contribution in [2.75, 3.05) is 103 Å². The average Bonchev–Trinajstić information content (AvgIpc) is 3.28. The molecule has 0 radical (unpaired) electrons. The van der Waals surface area contributed by atoms with Crippen molar-refractivity contribution in [3.8, 4) is 0 Å². The summed E-state index contributed by atoms with van der Waals surface area (Å²) in [6.07, 6.45) is 5.09. The van der Waals surface area contributed by atoms with E-state index in [2.05, 4.69) is 55.5 Å². The Hall–Kier alpha value is -5.78. The number of carbonyl (C=O) groups excluding carboxylic acids is 1. The van der Waals surface area contributed by atoms with Gasteiger partial charge in [0, 0.05) is 94.6 Å². The van der Waals surface area contributed by atoms with Crippen LogP contribution in [0.5, 0.6) is 0 Å². The van der Waals surface area contributed by atoms with Gasteiger partial charge in [-0.3, -0.25) is 9.69 Å². The maximum Gasteiger partial charge on any atom is 0.236 e. The van der Waals surface area contributed by atoms with Gasteiger partial charge in [0.15, 0.2) is 15.7 Å². The van der Waals surface area contributed by atoms with Crippen molar-refractivity contribution in [1.29, 1.82) is 0 Å². The molecule has 0 spiro atoms. The van der Waals surface area contributed by atoms with E-state index >= 15 is 0 Å².